The van der Waals surface area contributed by atoms with E-state index in [4.69, 9.17) is 0 Å². The van der Waals surface area contributed by atoms with Crippen LogP contribution in [-0.4, -0.2) is 48.5 Å². The standard InChI is InChI=1S/C21H17F5N6O/c22-18(23)15-8-17(32-20(30-15)27-10-28-32)12-2-1-5-31(9-12)19(33)16-6-11-3-4-13(21(24,25)26)7-14(11)29-16/h3-4,6-8,10,12,18,29H,1-2,5,9H2/t12-/m0/s1. The largest absolute Gasteiger partial charge is 0.416 e. The van der Waals surface area contributed by atoms with Gasteiger partial charge in [0.1, 0.15) is 17.7 Å². The Hall–Kier alpha value is -3.57. The first-order valence-corrected chi connectivity index (χ1v) is 10.2. The lowest BCUT2D eigenvalue weighted by molar-refractivity contribution is -0.137. The molecule has 5 rings (SSSR count). The summed E-state index contributed by atoms with van der Waals surface area (Å²) in [7, 11) is 0. The molecule has 0 bridgehead atoms. The number of hydrogen-bond donors (Lipinski definition) is 1. The fraction of sp³-hybridized carbons (Fsp3) is 0.333. The van der Waals surface area contributed by atoms with E-state index >= 15 is 0 Å². The summed E-state index contributed by atoms with van der Waals surface area (Å²) in [5.74, 6) is -0.599. The fourth-order valence-electron chi connectivity index (χ4n) is 4.25. The summed E-state index contributed by atoms with van der Waals surface area (Å²) in [6.07, 6.45) is -4.77. The number of benzene rings is 1. The molecule has 1 N–H and O–H groups in total. The molecule has 3 aromatic heterocycles. The summed E-state index contributed by atoms with van der Waals surface area (Å²) in [6, 6.07) is 6.05. The number of nitrogens with zero attached hydrogens (tertiary/aromatic N) is 5. The normalized spacial score (nSPS) is 17.4. The lowest BCUT2D eigenvalue weighted by atomic mass is 9.93. The molecular formula is C21H17F5N6O. The predicted molar refractivity (Wildman–Crippen MR) is 107 cm³/mol. The maximum Gasteiger partial charge on any atom is 0.416 e. The number of piperidine rings is 1. The van der Waals surface area contributed by atoms with Crippen LogP contribution in [0.1, 0.15) is 52.6 Å². The molecular weight excluding hydrogens is 447 g/mol. The van der Waals surface area contributed by atoms with E-state index in [1.165, 1.54) is 29.0 Å². The lowest BCUT2D eigenvalue weighted by Crippen LogP contribution is -2.39. The van der Waals surface area contributed by atoms with Crippen molar-refractivity contribution in [3.8, 4) is 0 Å². The second kappa shape index (κ2) is 7.78. The van der Waals surface area contributed by atoms with Gasteiger partial charge in [0.25, 0.3) is 18.1 Å². The minimum atomic E-state index is -4.49. The van der Waals surface area contributed by atoms with Gasteiger partial charge in [0, 0.05) is 29.9 Å². The molecule has 7 nitrogen and oxygen atoms in total. The van der Waals surface area contributed by atoms with E-state index in [2.05, 4.69) is 20.1 Å². The molecule has 33 heavy (non-hydrogen) atoms. The van der Waals surface area contributed by atoms with E-state index in [0.29, 0.717) is 30.5 Å². The van der Waals surface area contributed by atoms with Gasteiger partial charge in [-0.2, -0.15) is 23.3 Å². The predicted octanol–water partition coefficient (Wildman–Crippen LogP) is 4.58. The number of halogens is 5. The van der Waals surface area contributed by atoms with Crippen LogP contribution in [0.2, 0.25) is 0 Å². The van der Waals surface area contributed by atoms with Crippen LogP contribution >= 0.6 is 0 Å². The monoisotopic (exact) mass is 464 g/mol. The second-order valence-electron chi connectivity index (χ2n) is 7.95. The molecule has 1 fully saturated rings. The molecule has 0 saturated carbocycles. The summed E-state index contributed by atoms with van der Waals surface area (Å²) >= 11 is 0. The molecule has 0 spiro atoms. The van der Waals surface area contributed by atoms with Gasteiger partial charge in [-0.15, -0.1) is 0 Å². The number of alkyl halides is 5. The van der Waals surface area contributed by atoms with E-state index in [-0.39, 0.29) is 35.4 Å². The van der Waals surface area contributed by atoms with Gasteiger partial charge in [-0.1, -0.05) is 6.07 Å². The average molecular weight is 464 g/mol. The quantitative estimate of drug-likeness (QED) is 0.450. The van der Waals surface area contributed by atoms with Gasteiger partial charge >= 0.3 is 6.18 Å². The number of carbonyl (C=O) groups is 1. The molecule has 1 aromatic carbocycles. The molecule has 0 unspecified atom stereocenters. The van der Waals surface area contributed by atoms with Crippen molar-refractivity contribution >= 4 is 22.6 Å². The fourth-order valence-corrected chi connectivity index (χ4v) is 4.25. The maximum absolute atomic E-state index is 13.3. The number of fused-ring (bicyclic) bond motifs is 2. The number of rotatable bonds is 3. The Kier molecular flexibility index (Phi) is 5.02. The van der Waals surface area contributed by atoms with Crippen molar-refractivity contribution in [2.24, 2.45) is 0 Å². The molecule has 1 saturated heterocycles. The van der Waals surface area contributed by atoms with E-state index in [1.807, 2.05) is 0 Å². The maximum atomic E-state index is 13.3. The molecule has 0 radical (unpaired) electrons. The Morgan fingerprint density at radius 3 is 2.76 bits per heavy atom. The molecule has 4 aromatic rings. The van der Waals surface area contributed by atoms with Gasteiger partial charge in [0.05, 0.1) is 11.3 Å². The minimum Gasteiger partial charge on any atom is -0.351 e. The minimum absolute atomic E-state index is 0.0577. The molecule has 1 aliphatic heterocycles. The SMILES string of the molecule is O=C(c1cc2ccc(C(F)(F)F)cc2[nH]1)N1CCC[C@H](c2cc(C(F)F)nc3ncnn23)C1. The van der Waals surface area contributed by atoms with Gasteiger partial charge in [-0.25, -0.2) is 18.3 Å². The van der Waals surface area contributed by atoms with Gasteiger partial charge in [-0.3, -0.25) is 4.79 Å². The van der Waals surface area contributed by atoms with Gasteiger partial charge in [0.15, 0.2) is 0 Å². The van der Waals surface area contributed by atoms with E-state index in [1.54, 1.807) is 4.90 Å². The Bertz CT molecular complexity index is 1340. The first-order valence-electron chi connectivity index (χ1n) is 10.2. The molecule has 172 valence electrons. The van der Waals surface area contributed by atoms with E-state index in [0.717, 1.165) is 12.1 Å². The number of nitrogens with one attached hydrogen (secondary N) is 1. The highest BCUT2D eigenvalue weighted by Crippen LogP contribution is 2.33. The Morgan fingerprint density at radius 1 is 1.18 bits per heavy atom. The molecule has 1 atom stereocenters. The summed E-state index contributed by atoms with van der Waals surface area (Å²) in [5, 5.41) is 4.56. The number of amides is 1. The van der Waals surface area contributed by atoms with Crippen LogP contribution in [-0.2, 0) is 6.18 Å². The second-order valence-corrected chi connectivity index (χ2v) is 7.95. The zero-order valence-corrected chi connectivity index (χ0v) is 17.0. The van der Waals surface area contributed by atoms with Crippen molar-refractivity contribution in [2.75, 3.05) is 13.1 Å². The van der Waals surface area contributed by atoms with Crippen molar-refractivity contribution in [3.05, 3.63) is 59.3 Å². The van der Waals surface area contributed by atoms with Crippen molar-refractivity contribution in [2.45, 2.75) is 31.4 Å². The first-order chi connectivity index (χ1) is 15.7. The smallest absolute Gasteiger partial charge is 0.351 e. The summed E-state index contributed by atoms with van der Waals surface area (Å²) in [5.41, 5.74) is -0.360. The van der Waals surface area contributed by atoms with Gasteiger partial charge in [0.2, 0.25) is 0 Å². The van der Waals surface area contributed by atoms with Gasteiger partial charge < -0.3 is 9.88 Å². The van der Waals surface area contributed by atoms with Crippen molar-refractivity contribution < 1.29 is 26.7 Å². The van der Waals surface area contributed by atoms with Crippen molar-refractivity contribution in [1.82, 2.24) is 29.5 Å². The summed E-state index contributed by atoms with van der Waals surface area (Å²) < 4.78 is 67.0. The lowest BCUT2D eigenvalue weighted by Gasteiger charge is -2.32. The van der Waals surface area contributed by atoms with Crippen LogP contribution in [0.5, 0.6) is 0 Å². The molecule has 0 aliphatic carbocycles. The molecule has 4 heterocycles. The van der Waals surface area contributed by atoms with Crippen molar-refractivity contribution in [3.63, 3.8) is 0 Å². The summed E-state index contributed by atoms with van der Waals surface area (Å²) in [6.45, 7) is 0.676. The molecule has 12 heteroatoms. The third-order valence-corrected chi connectivity index (χ3v) is 5.83. The highest BCUT2D eigenvalue weighted by Gasteiger charge is 2.32. The number of aromatic nitrogens is 5. The van der Waals surface area contributed by atoms with Crippen LogP contribution in [0.4, 0.5) is 22.0 Å². The number of likely N-dealkylation sites (tertiary alicyclic amines) is 1. The Balaban J connectivity index is 1.43. The number of carbonyl (C=O) groups excluding carboxylic acids is 1. The third-order valence-electron chi connectivity index (χ3n) is 5.83. The van der Waals surface area contributed by atoms with E-state index in [9.17, 15) is 26.7 Å². The third kappa shape index (κ3) is 3.89. The Labute approximate surface area is 183 Å². The zero-order valence-electron chi connectivity index (χ0n) is 17.0. The molecule has 1 aliphatic rings. The van der Waals surface area contributed by atoms with Crippen LogP contribution < -0.4 is 0 Å². The van der Waals surface area contributed by atoms with Crippen LogP contribution in [0.25, 0.3) is 16.7 Å². The highest BCUT2D eigenvalue weighted by atomic mass is 19.4. The van der Waals surface area contributed by atoms with Crippen LogP contribution in [0.3, 0.4) is 0 Å². The highest BCUT2D eigenvalue weighted by molar-refractivity contribution is 5.98. The molecule has 1 amide bonds. The number of H-pyrrole nitrogens is 1. The van der Waals surface area contributed by atoms with Crippen LogP contribution in [0, 0.1) is 0 Å². The first kappa shape index (κ1) is 21.3. The van der Waals surface area contributed by atoms with E-state index < -0.39 is 23.9 Å². The topological polar surface area (TPSA) is 79.2 Å². The van der Waals surface area contributed by atoms with Gasteiger partial charge in [-0.05, 0) is 37.1 Å². The van der Waals surface area contributed by atoms with Crippen molar-refractivity contribution in [1.29, 1.82) is 0 Å². The number of aromatic amines is 1. The summed E-state index contributed by atoms with van der Waals surface area (Å²) in [4.78, 5) is 25.2. The zero-order chi connectivity index (χ0) is 23.3. The number of hydrogen-bond acceptors (Lipinski definition) is 4. The average Bonchev–Trinajstić information content (AvgIpc) is 3.43. The Morgan fingerprint density at radius 2 is 2.00 bits per heavy atom. The van der Waals surface area contributed by atoms with Crippen LogP contribution in [0.15, 0.2) is 36.7 Å².